The summed E-state index contributed by atoms with van der Waals surface area (Å²) in [5.74, 6) is -16.0. The first-order chi connectivity index (χ1) is 25.6. The average molecular weight is 732 g/mol. The van der Waals surface area contributed by atoms with E-state index in [0.717, 1.165) is 4.90 Å². The van der Waals surface area contributed by atoms with E-state index >= 15 is 0 Å². The molecule has 1 heterocycles. The molecule has 14 heteroatoms. The minimum atomic E-state index is -2.94. The van der Waals surface area contributed by atoms with Gasteiger partial charge in [0, 0.05) is 22.6 Å². The lowest BCUT2D eigenvalue weighted by atomic mass is 9.52. The number of nitrogens with two attached hydrogens (primary N) is 1. The van der Waals surface area contributed by atoms with Gasteiger partial charge in [-0.25, -0.2) is 0 Å². The van der Waals surface area contributed by atoms with Gasteiger partial charge >= 0.3 is 0 Å². The first kappa shape index (κ1) is 35.1. The molecule has 2 saturated carbocycles. The Labute approximate surface area is 306 Å². The number of aliphatic hydroxyl groups is 1. The van der Waals surface area contributed by atoms with Gasteiger partial charge in [0.05, 0.1) is 41.1 Å². The smallest absolute Gasteiger partial charge is 0.261 e. The van der Waals surface area contributed by atoms with Crippen molar-refractivity contribution >= 4 is 52.4 Å². The van der Waals surface area contributed by atoms with Crippen LogP contribution in [0.5, 0.6) is 5.75 Å². The molecule has 0 aromatic heterocycles. The molecule has 3 aromatic rings. The van der Waals surface area contributed by atoms with Crippen LogP contribution in [0, 0.1) is 29.6 Å². The molecule has 2 unspecified atom stereocenters. The fraction of sp³-hybridized carbons (Fsp3) is 0.325. The third-order valence-corrected chi connectivity index (χ3v) is 12.0. The van der Waals surface area contributed by atoms with Gasteiger partial charge in [-0.05, 0) is 68.6 Å². The predicted octanol–water partition coefficient (Wildman–Crippen LogP) is 0.901. The Morgan fingerprint density at radius 1 is 0.833 bits per heavy atom. The molecule has 3 amide bonds. The van der Waals surface area contributed by atoms with Gasteiger partial charge < -0.3 is 15.9 Å². The van der Waals surface area contributed by atoms with Crippen molar-refractivity contribution in [2.45, 2.75) is 37.5 Å². The molecule has 2 fully saturated rings. The van der Waals surface area contributed by atoms with Crippen molar-refractivity contribution in [2.75, 3.05) is 14.1 Å². The number of fused-ring (bicyclic) bond motifs is 5. The summed E-state index contributed by atoms with van der Waals surface area (Å²) in [6, 6.07) is 12.6. The molecule has 0 radical (unpaired) electrons. The van der Waals surface area contributed by atoms with Gasteiger partial charge in [-0.2, -0.15) is 0 Å². The second-order valence-electron chi connectivity index (χ2n) is 15.0. The number of nitrogens with zero attached hydrogens (tertiary/aromatic N) is 2. The van der Waals surface area contributed by atoms with Gasteiger partial charge in [-0.15, -0.1) is 0 Å². The van der Waals surface area contributed by atoms with Crippen molar-refractivity contribution in [1.29, 1.82) is 0 Å². The molecule has 274 valence electrons. The minimum Gasteiger partial charge on any atom is -0.507 e. The number of hydrogen-bond acceptors (Lipinski definition) is 12. The standard InChI is InChI=1S/C40H33N3O11/c1-42(2)29-25-14-17-13-23-16(12-24-31(45)19-7-3-4-8-20(19)32(24)46)11-18(15-43-38(52)21-9-5-6-10-22(21)39(43)53)30(44)27(23)33(47)26(17)35(49)40(25,54)36(50)28(34(29)48)37(41)51/h3-11,17,24-26,28-29,44,54H,12-15H2,1-2H3,(H2,41,51)/t17-,25-,26?,28?,29-,40-/m0/s1. The molecule has 6 atom stereocenters. The summed E-state index contributed by atoms with van der Waals surface area (Å²) in [6.45, 7) is -0.516. The number of primary amides is 1. The first-order valence-electron chi connectivity index (χ1n) is 17.4. The number of carbonyl (C=O) groups is 9. The van der Waals surface area contributed by atoms with Crippen LogP contribution in [0.25, 0.3) is 0 Å². The molecule has 4 N–H and O–H groups in total. The summed E-state index contributed by atoms with van der Waals surface area (Å²) >= 11 is 0. The number of hydrogen-bond donors (Lipinski definition) is 3. The predicted molar refractivity (Wildman–Crippen MR) is 184 cm³/mol. The molecule has 0 bridgehead atoms. The van der Waals surface area contributed by atoms with Crippen LogP contribution in [0.2, 0.25) is 0 Å². The number of carbonyl (C=O) groups excluding carboxylic acids is 9. The van der Waals surface area contributed by atoms with Crippen LogP contribution in [0.1, 0.15) is 74.9 Å². The zero-order valence-electron chi connectivity index (χ0n) is 29.0. The Kier molecular flexibility index (Phi) is 7.80. The maximum absolute atomic E-state index is 14.6. The fourth-order valence-corrected chi connectivity index (χ4v) is 9.48. The summed E-state index contributed by atoms with van der Waals surface area (Å²) in [4.78, 5) is 125. The number of benzene rings is 3. The van der Waals surface area contributed by atoms with Gasteiger partial charge in [-0.1, -0.05) is 36.4 Å². The highest BCUT2D eigenvalue weighted by molar-refractivity contribution is 6.32. The number of ketones is 6. The highest BCUT2D eigenvalue weighted by atomic mass is 16.3. The second kappa shape index (κ2) is 12.0. The van der Waals surface area contributed by atoms with Crippen LogP contribution >= 0.6 is 0 Å². The van der Waals surface area contributed by atoms with Gasteiger partial charge in [0.1, 0.15) is 5.75 Å². The van der Waals surface area contributed by atoms with Gasteiger partial charge in [0.2, 0.25) is 5.91 Å². The quantitative estimate of drug-likeness (QED) is 0.238. The summed E-state index contributed by atoms with van der Waals surface area (Å²) in [7, 11) is 2.96. The van der Waals surface area contributed by atoms with Crippen LogP contribution in [-0.4, -0.2) is 98.2 Å². The van der Waals surface area contributed by atoms with E-state index in [-0.39, 0.29) is 63.8 Å². The van der Waals surface area contributed by atoms with Crippen LogP contribution in [0.15, 0.2) is 54.6 Å². The second-order valence-corrected chi connectivity index (χ2v) is 15.0. The molecule has 14 nitrogen and oxygen atoms in total. The minimum absolute atomic E-state index is 0.0823. The van der Waals surface area contributed by atoms with Crippen molar-refractivity contribution < 1.29 is 53.4 Å². The molecule has 5 aliphatic rings. The first-order valence-corrected chi connectivity index (χ1v) is 17.4. The van der Waals surface area contributed by atoms with Crippen LogP contribution in [-0.2, 0) is 38.6 Å². The number of aromatic hydroxyl groups is 1. The summed E-state index contributed by atoms with van der Waals surface area (Å²) in [5.41, 5.74) is 3.25. The van der Waals surface area contributed by atoms with E-state index in [0.29, 0.717) is 0 Å². The highest BCUT2D eigenvalue weighted by Crippen LogP contribution is 2.52. The van der Waals surface area contributed by atoms with E-state index in [4.69, 9.17) is 5.73 Å². The molecule has 8 rings (SSSR count). The number of phenols is 1. The van der Waals surface area contributed by atoms with E-state index < -0.39 is 106 Å². The number of phenolic OH excluding ortho intramolecular Hbond substituents is 1. The van der Waals surface area contributed by atoms with E-state index in [9.17, 15) is 53.4 Å². The lowest BCUT2D eigenvalue weighted by molar-refractivity contribution is -0.181. The van der Waals surface area contributed by atoms with E-state index in [2.05, 4.69) is 0 Å². The van der Waals surface area contributed by atoms with Crippen molar-refractivity contribution in [3.8, 4) is 5.75 Å². The number of Topliss-reactive ketones (excluding diaryl/α,β-unsaturated/α-hetero) is 6. The average Bonchev–Trinajstić information content (AvgIpc) is 3.51. The van der Waals surface area contributed by atoms with Gasteiger partial charge in [0.15, 0.2) is 46.2 Å². The Bertz CT molecular complexity index is 2280. The monoisotopic (exact) mass is 731 g/mol. The fourth-order valence-electron chi connectivity index (χ4n) is 9.48. The largest absolute Gasteiger partial charge is 0.507 e. The molecular formula is C40H33N3O11. The van der Waals surface area contributed by atoms with Crippen LogP contribution in [0.4, 0.5) is 0 Å². The Balaban J connectivity index is 1.25. The third kappa shape index (κ3) is 4.62. The number of likely N-dealkylation sites (N-methyl/N-ethyl adjacent to an activating group) is 1. The molecule has 0 spiro atoms. The SMILES string of the molecule is CN(C)[C@@H]1C(=O)C(C(N)=O)C(=O)[C@@]2(O)C(=O)C3C(=O)c4c(O)c(CN5C(=O)c6ccccc6C5=O)cc(CC5C(=O)c6ccccc6C5=O)c4C[C@H]3C[C@@H]12. The van der Waals surface area contributed by atoms with Crippen molar-refractivity contribution in [3.05, 3.63) is 99.1 Å². The maximum Gasteiger partial charge on any atom is 0.261 e. The van der Waals surface area contributed by atoms with Crippen molar-refractivity contribution in [2.24, 2.45) is 35.3 Å². The molecule has 54 heavy (non-hydrogen) atoms. The topological polar surface area (TPSA) is 227 Å². The van der Waals surface area contributed by atoms with E-state index in [1.165, 1.54) is 49.3 Å². The van der Waals surface area contributed by atoms with Gasteiger partial charge in [-0.3, -0.25) is 53.0 Å². The Morgan fingerprint density at radius 2 is 1.39 bits per heavy atom. The highest BCUT2D eigenvalue weighted by Gasteiger charge is 2.69. The molecule has 4 aliphatic carbocycles. The number of imide groups is 1. The van der Waals surface area contributed by atoms with E-state index in [1.54, 1.807) is 24.3 Å². The zero-order valence-corrected chi connectivity index (χ0v) is 29.0. The van der Waals surface area contributed by atoms with E-state index in [1.807, 2.05) is 0 Å². The Morgan fingerprint density at radius 3 is 1.93 bits per heavy atom. The van der Waals surface area contributed by atoms with Crippen molar-refractivity contribution in [3.63, 3.8) is 0 Å². The maximum atomic E-state index is 14.6. The Hall–Kier alpha value is -5.99. The van der Waals surface area contributed by atoms with Crippen LogP contribution < -0.4 is 5.73 Å². The molecule has 3 aromatic carbocycles. The third-order valence-electron chi connectivity index (χ3n) is 12.0. The van der Waals surface area contributed by atoms with Crippen LogP contribution in [0.3, 0.4) is 0 Å². The lowest BCUT2D eigenvalue weighted by Gasteiger charge is -2.52. The number of rotatable bonds is 6. The number of amides is 3. The molecular weight excluding hydrogens is 698 g/mol. The summed E-state index contributed by atoms with van der Waals surface area (Å²) in [5, 5.41) is 23.8. The lowest BCUT2D eigenvalue weighted by Crippen LogP contribution is -2.74. The van der Waals surface area contributed by atoms with Gasteiger partial charge in [0.25, 0.3) is 11.8 Å². The zero-order chi connectivity index (χ0) is 38.7. The summed E-state index contributed by atoms with van der Waals surface area (Å²) < 4.78 is 0. The summed E-state index contributed by atoms with van der Waals surface area (Å²) in [6.07, 6.45) is -0.536. The molecule has 1 aliphatic heterocycles. The van der Waals surface area contributed by atoms with Crippen molar-refractivity contribution in [1.82, 2.24) is 9.80 Å². The molecule has 0 saturated heterocycles. The normalized spacial score (nSPS) is 27.6.